The fraction of sp³-hybridized carbons (Fsp3) is 0.269. The number of rotatable bonds is 7. The van der Waals surface area contributed by atoms with Gasteiger partial charge in [-0.2, -0.15) is 0 Å². The van der Waals surface area contributed by atoms with Crippen LogP contribution in [0.25, 0.3) is 0 Å². The third-order valence-corrected chi connectivity index (χ3v) is 7.99. The number of halogens is 2. The monoisotopic (exact) mass is 518 g/mol. The highest BCUT2D eigenvalue weighted by Crippen LogP contribution is 2.30. The van der Waals surface area contributed by atoms with Gasteiger partial charge >= 0.3 is 0 Å². The zero-order valence-electron chi connectivity index (χ0n) is 19.5. The standard InChI is InChI=1S/C26H28Cl2N2O3S/c1-18(19-10-12-20(13-11-19)26(2,3)4)29-25(31)17-30(21-14-15-23(27)24(28)16-21)34(32,33)22-8-6-5-7-9-22/h5-16,18H,17H2,1-4H3,(H,29,31)/t18-/m1/s1. The Labute approximate surface area is 211 Å². The van der Waals surface area contributed by atoms with Gasteiger partial charge in [-0.3, -0.25) is 9.10 Å². The van der Waals surface area contributed by atoms with E-state index in [1.54, 1.807) is 18.2 Å². The van der Waals surface area contributed by atoms with E-state index < -0.39 is 22.5 Å². The van der Waals surface area contributed by atoms with Gasteiger partial charge in [0.25, 0.3) is 10.0 Å². The van der Waals surface area contributed by atoms with Crippen molar-refractivity contribution >= 4 is 44.8 Å². The third-order valence-electron chi connectivity index (χ3n) is 5.46. The predicted octanol–water partition coefficient (Wildman–Crippen LogP) is 6.36. The number of carbonyl (C=O) groups excluding carboxylic acids is 1. The Hall–Kier alpha value is -2.54. The Balaban J connectivity index is 1.86. The summed E-state index contributed by atoms with van der Waals surface area (Å²) in [6.45, 7) is 7.85. The molecule has 0 saturated heterocycles. The summed E-state index contributed by atoms with van der Waals surface area (Å²) < 4.78 is 27.9. The number of hydrogen-bond donors (Lipinski definition) is 1. The molecule has 0 aliphatic carbocycles. The minimum absolute atomic E-state index is 0.0250. The number of sulfonamides is 1. The summed E-state index contributed by atoms with van der Waals surface area (Å²) in [5, 5.41) is 3.39. The highest BCUT2D eigenvalue weighted by molar-refractivity contribution is 7.92. The van der Waals surface area contributed by atoms with Crippen molar-refractivity contribution in [2.45, 2.75) is 44.0 Å². The molecule has 0 radical (unpaired) electrons. The van der Waals surface area contributed by atoms with E-state index in [0.29, 0.717) is 5.02 Å². The number of hydrogen-bond acceptors (Lipinski definition) is 3. The van der Waals surface area contributed by atoms with Crippen molar-refractivity contribution < 1.29 is 13.2 Å². The van der Waals surface area contributed by atoms with Crippen LogP contribution in [0.2, 0.25) is 10.0 Å². The van der Waals surface area contributed by atoms with Gasteiger partial charge < -0.3 is 5.32 Å². The van der Waals surface area contributed by atoms with Crippen molar-refractivity contribution in [3.05, 3.63) is 94.0 Å². The molecule has 3 aromatic carbocycles. The van der Waals surface area contributed by atoms with Crippen molar-refractivity contribution in [2.75, 3.05) is 10.8 Å². The Morgan fingerprint density at radius 1 is 0.941 bits per heavy atom. The predicted molar refractivity (Wildman–Crippen MR) is 139 cm³/mol. The second-order valence-corrected chi connectivity index (χ2v) is 11.8. The molecule has 34 heavy (non-hydrogen) atoms. The Kier molecular flexibility index (Phi) is 7.96. The molecule has 1 N–H and O–H groups in total. The highest BCUT2D eigenvalue weighted by Gasteiger charge is 2.28. The van der Waals surface area contributed by atoms with E-state index in [0.717, 1.165) is 9.87 Å². The average Bonchev–Trinajstić information content (AvgIpc) is 2.79. The van der Waals surface area contributed by atoms with Gasteiger partial charge in [0.2, 0.25) is 5.91 Å². The lowest BCUT2D eigenvalue weighted by molar-refractivity contribution is -0.120. The van der Waals surface area contributed by atoms with E-state index in [9.17, 15) is 13.2 Å². The van der Waals surface area contributed by atoms with Gasteiger partial charge in [-0.05, 0) is 53.8 Å². The molecule has 180 valence electrons. The number of nitrogens with one attached hydrogen (secondary N) is 1. The van der Waals surface area contributed by atoms with E-state index in [1.165, 1.54) is 35.9 Å². The summed E-state index contributed by atoms with van der Waals surface area (Å²) in [6.07, 6.45) is 0. The molecule has 0 aliphatic rings. The second-order valence-electron chi connectivity index (χ2n) is 9.08. The number of nitrogens with zero attached hydrogens (tertiary/aromatic N) is 1. The quantitative estimate of drug-likeness (QED) is 0.395. The van der Waals surface area contributed by atoms with Crippen LogP contribution in [-0.4, -0.2) is 20.9 Å². The number of anilines is 1. The fourth-order valence-electron chi connectivity index (χ4n) is 3.45. The average molecular weight is 519 g/mol. The van der Waals surface area contributed by atoms with E-state index in [2.05, 4.69) is 26.1 Å². The van der Waals surface area contributed by atoms with Gasteiger partial charge in [0, 0.05) is 0 Å². The number of amides is 1. The first-order chi connectivity index (χ1) is 15.9. The zero-order valence-corrected chi connectivity index (χ0v) is 21.9. The fourth-order valence-corrected chi connectivity index (χ4v) is 5.17. The molecule has 0 unspecified atom stereocenters. The normalized spacial score (nSPS) is 12.8. The topological polar surface area (TPSA) is 66.5 Å². The maximum Gasteiger partial charge on any atom is 0.264 e. The summed E-state index contributed by atoms with van der Waals surface area (Å²) in [5.41, 5.74) is 2.38. The Bertz CT molecular complexity index is 1260. The van der Waals surface area contributed by atoms with E-state index in [-0.39, 0.29) is 27.1 Å². The van der Waals surface area contributed by atoms with Gasteiger partial charge in [0.05, 0.1) is 26.7 Å². The van der Waals surface area contributed by atoms with Crippen LogP contribution in [0, 0.1) is 0 Å². The third kappa shape index (κ3) is 6.12. The summed E-state index contributed by atoms with van der Waals surface area (Å²) >= 11 is 12.2. The maximum absolute atomic E-state index is 13.4. The molecule has 0 saturated carbocycles. The number of carbonyl (C=O) groups is 1. The molecular formula is C26H28Cl2N2O3S. The van der Waals surface area contributed by atoms with Crippen LogP contribution >= 0.6 is 23.2 Å². The van der Waals surface area contributed by atoms with E-state index >= 15 is 0 Å². The summed E-state index contributed by atoms with van der Waals surface area (Å²) in [7, 11) is -4.03. The van der Waals surface area contributed by atoms with Crippen LogP contribution in [0.4, 0.5) is 5.69 Å². The zero-order chi connectivity index (χ0) is 25.1. The van der Waals surface area contributed by atoms with Crippen molar-refractivity contribution in [1.82, 2.24) is 5.32 Å². The SMILES string of the molecule is C[C@@H](NC(=O)CN(c1ccc(Cl)c(Cl)c1)S(=O)(=O)c1ccccc1)c1ccc(C(C)(C)C)cc1. The van der Waals surface area contributed by atoms with E-state index in [4.69, 9.17) is 23.2 Å². The van der Waals surface area contributed by atoms with Gasteiger partial charge in [0.1, 0.15) is 6.54 Å². The van der Waals surface area contributed by atoms with E-state index in [1.807, 2.05) is 31.2 Å². The van der Waals surface area contributed by atoms with Crippen LogP contribution in [0.1, 0.15) is 44.9 Å². The molecular weight excluding hydrogens is 491 g/mol. The van der Waals surface area contributed by atoms with Gasteiger partial charge in [-0.1, -0.05) is 86.4 Å². The van der Waals surface area contributed by atoms with Crippen molar-refractivity contribution in [3.8, 4) is 0 Å². The van der Waals surface area contributed by atoms with Gasteiger partial charge in [0.15, 0.2) is 0 Å². The maximum atomic E-state index is 13.4. The molecule has 0 aliphatic heterocycles. The first-order valence-corrected chi connectivity index (χ1v) is 13.0. The molecule has 5 nitrogen and oxygen atoms in total. The smallest absolute Gasteiger partial charge is 0.264 e. The molecule has 1 atom stereocenters. The van der Waals surface area contributed by atoms with Crippen LogP contribution in [0.5, 0.6) is 0 Å². The second kappa shape index (κ2) is 10.4. The van der Waals surface area contributed by atoms with Gasteiger partial charge in [-0.25, -0.2) is 8.42 Å². The van der Waals surface area contributed by atoms with Crippen molar-refractivity contribution in [2.24, 2.45) is 0 Å². The molecule has 0 aromatic heterocycles. The van der Waals surface area contributed by atoms with Crippen molar-refractivity contribution in [1.29, 1.82) is 0 Å². The van der Waals surface area contributed by atoms with Crippen LogP contribution < -0.4 is 9.62 Å². The minimum Gasteiger partial charge on any atom is -0.348 e. The Morgan fingerprint density at radius 2 is 1.56 bits per heavy atom. The molecule has 3 aromatic rings. The lowest BCUT2D eigenvalue weighted by Gasteiger charge is -2.25. The first-order valence-electron chi connectivity index (χ1n) is 10.8. The Morgan fingerprint density at radius 3 is 2.12 bits per heavy atom. The molecule has 0 fully saturated rings. The summed E-state index contributed by atoms with van der Waals surface area (Å²) in [5.74, 6) is -0.446. The molecule has 8 heteroatoms. The lowest BCUT2D eigenvalue weighted by Crippen LogP contribution is -2.41. The summed E-state index contributed by atoms with van der Waals surface area (Å²) in [4.78, 5) is 13.1. The van der Waals surface area contributed by atoms with Crippen LogP contribution in [0.3, 0.4) is 0 Å². The van der Waals surface area contributed by atoms with Gasteiger partial charge in [-0.15, -0.1) is 0 Å². The number of benzene rings is 3. The van der Waals surface area contributed by atoms with Crippen LogP contribution in [0.15, 0.2) is 77.7 Å². The summed E-state index contributed by atoms with van der Waals surface area (Å²) in [6, 6.07) is 20.1. The molecule has 0 bridgehead atoms. The molecule has 0 spiro atoms. The largest absolute Gasteiger partial charge is 0.348 e. The molecule has 0 heterocycles. The molecule has 3 rings (SSSR count). The molecule has 1 amide bonds. The van der Waals surface area contributed by atoms with Crippen molar-refractivity contribution in [3.63, 3.8) is 0 Å². The van der Waals surface area contributed by atoms with Crippen LogP contribution in [-0.2, 0) is 20.2 Å². The highest BCUT2D eigenvalue weighted by atomic mass is 35.5. The first kappa shape index (κ1) is 26.1. The minimum atomic E-state index is -4.03. The lowest BCUT2D eigenvalue weighted by atomic mass is 9.86.